The van der Waals surface area contributed by atoms with Gasteiger partial charge in [0.05, 0.1) is 21.0 Å². The van der Waals surface area contributed by atoms with Crippen LogP contribution in [0.1, 0.15) is 15.9 Å². The Morgan fingerprint density at radius 3 is 2.88 bits per heavy atom. The third kappa shape index (κ3) is 1.97. The van der Waals surface area contributed by atoms with E-state index in [-0.39, 0.29) is 0 Å². The minimum atomic E-state index is 0.434. The van der Waals surface area contributed by atoms with Crippen molar-refractivity contribution in [1.82, 2.24) is 9.78 Å². The maximum Gasteiger partial charge on any atom is 0.150 e. The average molecular weight is 323 g/mol. The fourth-order valence-corrected chi connectivity index (χ4v) is 1.74. The number of aldehydes is 1. The molecule has 0 saturated carbocycles. The fourth-order valence-electron chi connectivity index (χ4n) is 1.35. The van der Waals surface area contributed by atoms with E-state index in [1.54, 1.807) is 29.1 Å². The Morgan fingerprint density at radius 1 is 1.50 bits per heavy atom. The Balaban J connectivity index is 2.57. The van der Waals surface area contributed by atoms with Gasteiger partial charge in [-0.1, -0.05) is 0 Å². The second-order valence-electron chi connectivity index (χ2n) is 3.11. The first kappa shape index (κ1) is 10.8. The van der Waals surface area contributed by atoms with E-state index in [1.807, 2.05) is 6.20 Å². The highest BCUT2D eigenvalue weighted by atomic mass is 127. The van der Waals surface area contributed by atoms with Gasteiger partial charge in [0.1, 0.15) is 12.4 Å². The van der Waals surface area contributed by atoms with E-state index in [1.165, 1.54) is 0 Å². The zero-order chi connectivity index (χ0) is 11.5. The highest BCUT2D eigenvalue weighted by molar-refractivity contribution is 14.1. The molecular weight excluding hydrogens is 317 g/mol. The molecule has 5 heteroatoms. The Morgan fingerprint density at radius 2 is 2.31 bits per heavy atom. The molecule has 1 aromatic carbocycles. The highest BCUT2D eigenvalue weighted by Crippen LogP contribution is 2.15. The van der Waals surface area contributed by atoms with Crippen LogP contribution < -0.4 is 0 Å². The molecule has 4 nitrogen and oxygen atoms in total. The highest BCUT2D eigenvalue weighted by Gasteiger charge is 2.06. The molecule has 2 aromatic rings. The van der Waals surface area contributed by atoms with Crippen LogP contribution in [0.15, 0.2) is 30.6 Å². The number of carbonyl (C=O) groups is 1. The van der Waals surface area contributed by atoms with Gasteiger partial charge in [-0.05, 0) is 40.8 Å². The van der Waals surface area contributed by atoms with Crippen molar-refractivity contribution in [3.05, 3.63) is 45.3 Å². The number of hydrogen-bond acceptors (Lipinski definition) is 3. The summed E-state index contributed by atoms with van der Waals surface area (Å²) in [5.41, 5.74) is 1.60. The van der Waals surface area contributed by atoms with E-state index in [0.717, 1.165) is 9.86 Å². The van der Waals surface area contributed by atoms with Gasteiger partial charge >= 0.3 is 0 Å². The molecule has 2 rings (SSSR count). The summed E-state index contributed by atoms with van der Waals surface area (Å²) in [6.07, 6.45) is 4.24. The molecule has 0 aliphatic heterocycles. The molecule has 0 saturated heterocycles. The van der Waals surface area contributed by atoms with E-state index >= 15 is 0 Å². The number of nitriles is 1. The minimum absolute atomic E-state index is 0.434. The maximum atomic E-state index is 10.6. The quantitative estimate of drug-likeness (QED) is 0.629. The molecule has 0 fully saturated rings. The van der Waals surface area contributed by atoms with Gasteiger partial charge in [0.25, 0.3) is 0 Å². The zero-order valence-electron chi connectivity index (χ0n) is 8.09. The molecule has 1 heterocycles. The number of benzene rings is 1. The molecule has 0 amide bonds. The van der Waals surface area contributed by atoms with Crippen LogP contribution in [0.2, 0.25) is 0 Å². The summed E-state index contributed by atoms with van der Waals surface area (Å²) in [6, 6.07) is 6.99. The number of aromatic nitrogens is 2. The Bertz CT molecular complexity index is 583. The lowest BCUT2D eigenvalue weighted by Crippen LogP contribution is -1.98. The molecule has 0 aliphatic rings. The molecule has 0 aliphatic carbocycles. The number of hydrogen-bond donors (Lipinski definition) is 0. The van der Waals surface area contributed by atoms with Gasteiger partial charge in [0.15, 0.2) is 0 Å². The Labute approximate surface area is 106 Å². The van der Waals surface area contributed by atoms with Crippen LogP contribution in [0.4, 0.5) is 0 Å². The van der Waals surface area contributed by atoms with Crippen LogP contribution in [0, 0.1) is 14.9 Å². The third-order valence-electron chi connectivity index (χ3n) is 2.08. The normalized spacial score (nSPS) is 9.75. The summed E-state index contributed by atoms with van der Waals surface area (Å²) in [5.74, 6) is 0. The van der Waals surface area contributed by atoms with Crippen molar-refractivity contribution < 1.29 is 4.79 Å². The van der Waals surface area contributed by atoms with Crippen LogP contribution >= 0.6 is 22.6 Å². The predicted octanol–water partition coefficient (Wildman–Crippen LogP) is 2.16. The second kappa shape index (κ2) is 4.45. The van der Waals surface area contributed by atoms with Crippen molar-refractivity contribution in [3.63, 3.8) is 0 Å². The summed E-state index contributed by atoms with van der Waals surface area (Å²) >= 11 is 2.14. The van der Waals surface area contributed by atoms with Gasteiger partial charge in [-0.3, -0.25) is 4.79 Å². The summed E-state index contributed by atoms with van der Waals surface area (Å²) in [7, 11) is 0. The van der Waals surface area contributed by atoms with Crippen LogP contribution in [0.5, 0.6) is 0 Å². The van der Waals surface area contributed by atoms with Gasteiger partial charge in [-0.2, -0.15) is 10.4 Å². The third-order valence-corrected chi connectivity index (χ3v) is 2.63. The lowest BCUT2D eigenvalue weighted by molar-refractivity contribution is 0.112. The minimum Gasteiger partial charge on any atom is -0.298 e. The van der Waals surface area contributed by atoms with E-state index in [2.05, 4.69) is 33.8 Å². The number of halogens is 1. The molecule has 0 radical (unpaired) electrons. The van der Waals surface area contributed by atoms with Crippen molar-refractivity contribution in [2.45, 2.75) is 0 Å². The topological polar surface area (TPSA) is 58.7 Å². The predicted molar refractivity (Wildman–Crippen MR) is 66.4 cm³/mol. The molecule has 0 atom stereocenters. The fraction of sp³-hybridized carbons (Fsp3) is 0. The van der Waals surface area contributed by atoms with Gasteiger partial charge in [-0.15, -0.1) is 0 Å². The van der Waals surface area contributed by atoms with Crippen molar-refractivity contribution in [2.24, 2.45) is 0 Å². The first-order valence-corrected chi connectivity index (χ1v) is 5.52. The van der Waals surface area contributed by atoms with Crippen molar-refractivity contribution in [3.8, 4) is 11.8 Å². The molecule has 16 heavy (non-hydrogen) atoms. The molecule has 0 N–H and O–H groups in total. The van der Waals surface area contributed by atoms with Crippen LogP contribution in [0.3, 0.4) is 0 Å². The molecular formula is C11H6IN3O. The summed E-state index contributed by atoms with van der Waals surface area (Å²) < 4.78 is 2.61. The van der Waals surface area contributed by atoms with E-state index < -0.39 is 0 Å². The van der Waals surface area contributed by atoms with Crippen molar-refractivity contribution in [1.29, 1.82) is 5.26 Å². The van der Waals surface area contributed by atoms with Gasteiger partial charge in [0.2, 0.25) is 0 Å². The van der Waals surface area contributed by atoms with Crippen molar-refractivity contribution >= 4 is 28.9 Å². The zero-order valence-corrected chi connectivity index (χ0v) is 10.2. The lowest BCUT2D eigenvalue weighted by atomic mass is 10.1. The molecule has 1 aromatic heterocycles. The molecule has 78 valence electrons. The van der Waals surface area contributed by atoms with Crippen LogP contribution in [-0.4, -0.2) is 16.1 Å². The average Bonchev–Trinajstić information content (AvgIpc) is 2.74. The van der Waals surface area contributed by atoms with Gasteiger partial charge < -0.3 is 0 Å². The van der Waals surface area contributed by atoms with E-state index in [4.69, 9.17) is 5.26 Å². The Hall–Kier alpha value is -1.68. The van der Waals surface area contributed by atoms with E-state index in [9.17, 15) is 4.79 Å². The van der Waals surface area contributed by atoms with Gasteiger partial charge in [0, 0.05) is 11.8 Å². The lowest BCUT2D eigenvalue weighted by Gasteiger charge is -2.03. The van der Waals surface area contributed by atoms with Gasteiger partial charge in [-0.25, -0.2) is 4.68 Å². The number of carbonyl (C=O) groups excluding carboxylic acids is 1. The SMILES string of the molecule is N#Cc1cc(C=O)ccc1-n1cc(I)cn1. The number of nitrogens with zero attached hydrogens (tertiary/aromatic N) is 3. The first-order chi connectivity index (χ1) is 7.74. The van der Waals surface area contributed by atoms with Crippen LogP contribution in [0.25, 0.3) is 5.69 Å². The monoisotopic (exact) mass is 323 g/mol. The van der Waals surface area contributed by atoms with Crippen molar-refractivity contribution in [2.75, 3.05) is 0 Å². The molecule has 0 spiro atoms. The summed E-state index contributed by atoms with van der Waals surface area (Å²) in [5, 5.41) is 13.1. The standard InChI is InChI=1S/C11H6IN3O/c12-10-5-14-15(6-10)11-2-1-8(7-16)3-9(11)4-13/h1-3,5-7H. The first-order valence-electron chi connectivity index (χ1n) is 4.44. The molecule has 0 unspecified atom stereocenters. The van der Waals surface area contributed by atoms with E-state index in [0.29, 0.717) is 16.8 Å². The largest absolute Gasteiger partial charge is 0.298 e. The molecule has 0 bridgehead atoms. The van der Waals surface area contributed by atoms with Crippen LogP contribution in [-0.2, 0) is 0 Å². The second-order valence-corrected chi connectivity index (χ2v) is 4.35. The summed E-state index contributed by atoms with van der Waals surface area (Å²) in [4.78, 5) is 10.6. The maximum absolute atomic E-state index is 10.6. The smallest absolute Gasteiger partial charge is 0.150 e. The summed E-state index contributed by atoms with van der Waals surface area (Å²) in [6.45, 7) is 0. The Kier molecular flexibility index (Phi) is 3.01. The number of rotatable bonds is 2.